The van der Waals surface area contributed by atoms with Crippen LogP contribution in [0.4, 0.5) is 4.39 Å². The highest BCUT2D eigenvalue weighted by atomic mass is 32.1. The smallest absolute Gasteiger partial charge is 0.282 e. The van der Waals surface area contributed by atoms with Gasteiger partial charge in [-0.15, -0.1) is 6.58 Å². The van der Waals surface area contributed by atoms with Crippen molar-refractivity contribution in [3.63, 3.8) is 0 Å². The van der Waals surface area contributed by atoms with Crippen molar-refractivity contribution in [2.45, 2.75) is 13.5 Å². The summed E-state index contributed by atoms with van der Waals surface area (Å²) in [6, 6.07) is 11.9. The zero-order chi connectivity index (χ0) is 16.4. The molecule has 0 fully saturated rings. The molecule has 5 heteroatoms. The van der Waals surface area contributed by atoms with E-state index in [4.69, 9.17) is 0 Å². The first-order chi connectivity index (χ1) is 11.1. The molecule has 0 aliphatic heterocycles. The predicted octanol–water partition coefficient (Wildman–Crippen LogP) is 4.08. The average molecular weight is 326 g/mol. The van der Waals surface area contributed by atoms with Crippen molar-refractivity contribution < 1.29 is 9.18 Å². The lowest BCUT2D eigenvalue weighted by molar-refractivity contribution is 0.0994. The monoisotopic (exact) mass is 326 g/mol. The first-order valence-corrected chi connectivity index (χ1v) is 7.96. The Hall–Kier alpha value is -2.53. The summed E-state index contributed by atoms with van der Waals surface area (Å²) in [6.07, 6.45) is 1.75. The van der Waals surface area contributed by atoms with Crippen molar-refractivity contribution in [3.05, 3.63) is 76.9 Å². The van der Waals surface area contributed by atoms with Crippen molar-refractivity contribution in [1.29, 1.82) is 0 Å². The minimum Gasteiger partial charge on any atom is -0.312 e. The SMILES string of the molecule is C=CCn1c(=NC(=O)c2ccccc2F)sc2cc(C)ccc21. The number of carbonyl (C=O) groups excluding carboxylic acids is 1. The van der Waals surface area contributed by atoms with Crippen molar-refractivity contribution in [2.24, 2.45) is 4.99 Å². The van der Waals surface area contributed by atoms with Crippen LogP contribution in [-0.2, 0) is 6.54 Å². The Kier molecular flexibility index (Phi) is 4.21. The van der Waals surface area contributed by atoms with E-state index in [1.165, 1.54) is 23.5 Å². The third-order valence-corrected chi connectivity index (χ3v) is 4.49. The van der Waals surface area contributed by atoms with Crippen LogP contribution in [0.5, 0.6) is 0 Å². The van der Waals surface area contributed by atoms with Crippen LogP contribution < -0.4 is 4.80 Å². The van der Waals surface area contributed by atoms with Gasteiger partial charge in [0.15, 0.2) is 4.80 Å². The van der Waals surface area contributed by atoms with Gasteiger partial charge in [-0.2, -0.15) is 4.99 Å². The van der Waals surface area contributed by atoms with E-state index in [1.54, 1.807) is 18.2 Å². The third kappa shape index (κ3) is 3.00. The number of thiazole rings is 1. The fraction of sp³-hybridized carbons (Fsp3) is 0.111. The molecule has 0 N–H and O–H groups in total. The maximum absolute atomic E-state index is 13.7. The Morgan fingerprint density at radius 1 is 1.35 bits per heavy atom. The molecule has 0 saturated heterocycles. The number of rotatable bonds is 3. The number of fused-ring (bicyclic) bond motifs is 1. The van der Waals surface area contributed by atoms with Gasteiger partial charge in [-0.05, 0) is 36.8 Å². The second-order valence-corrected chi connectivity index (χ2v) is 6.16. The minimum atomic E-state index is -0.579. The molecule has 0 bridgehead atoms. The number of aryl methyl sites for hydroxylation is 1. The third-order valence-electron chi connectivity index (χ3n) is 3.45. The lowest BCUT2D eigenvalue weighted by atomic mass is 10.2. The molecule has 1 amide bonds. The number of aromatic nitrogens is 1. The van der Waals surface area contributed by atoms with Gasteiger partial charge in [0.05, 0.1) is 15.8 Å². The van der Waals surface area contributed by atoms with E-state index < -0.39 is 11.7 Å². The molecule has 0 unspecified atom stereocenters. The molecule has 3 nitrogen and oxygen atoms in total. The van der Waals surface area contributed by atoms with E-state index in [0.29, 0.717) is 11.3 Å². The summed E-state index contributed by atoms with van der Waals surface area (Å²) >= 11 is 1.41. The van der Waals surface area contributed by atoms with E-state index >= 15 is 0 Å². The Morgan fingerprint density at radius 2 is 2.13 bits per heavy atom. The lowest BCUT2D eigenvalue weighted by Gasteiger charge is -2.01. The highest BCUT2D eigenvalue weighted by Crippen LogP contribution is 2.19. The molecule has 0 spiro atoms. The molecule has 0 aliphatic carbocycles. The van der Waals surface area contributed by atoms with Gasteiger partial charge in [-0.25, -0.2) is 4.39 Å². The minimum absolute atomic E-state index is 0.0220. The summed E-state index contributed by atoms with van der Waals surface area (Å²) in [6.45, 7) is 6.30. The van der Waals surface area contributed by atoms with E-state index in [0.717, 1.165) is 15.8 Å². The van der Waals surface area contributed by atoms with E-state index in [2.05, 4.69) is 11.6 Å². The van der Waals surface area contributed by atoms with Gasteiger partial charge in [0.1, 0.15) is 5.82 Å². The number of carbonyl (C=O) groups is 1. The van der Waals surface area contributed by atoms with Crippen LogP contribution in [0.2, 0.25) is 0 Å². The Labute approximate surface area is 137 Å². The number of allylic oxidation sites excluding steroid dienone is 1. The van der Waals surface area contributed by atoms with Crippen LogP contribution in [-0.4, -0.2) is 10.5 Å². The summed E-state index contributed by atoms with van der Waals surface area (Å²) in [5, 5.41) is 0. The lowest BCUT2D eigenvalue weighted by Crippen LogP contribution is -2.16. The summed E-state index contributed by atoms with van der Waals surface area (Å²) in [5.74, 6) is -1.14. The zero-order valence-electron chi connectivity index (χ0n) is 12.6. The summed E-state index contributed by atoms with van der Waals surface area (Å²) in [4.78, 5) is 17.0. The van der Waals surface area contributed by atoms with Gasteiger partial charge in [0.2, 0.25) is 0 Å². The molecule has 2 aromatic carbocycles. The fourth-order valence-electron chi connectivity index (χ4n) is 2.35. The van der Waals surface area contributed by atoms with Crippen LogP contribution in [0.15, 0.2) is 60.1 Å². The molecule has 1 aromatic heterocycles. The number of nitrogens with zero attached hydrogens (tertiary/aromatic N) is 2. The molecule has 0 atom stereocenters. The predicted molar refractivity (Wildman–Crippen MR) is 91.0 cm³/mol. The van der Waals surface area contributed by atoms with Crippen LogP contribution in [0.25, 0.3) is 10.2 Å². The molecule has 116 valence electrons. The van der Waals surface area contributed by atoms with Gasteiger partial charge in [-0.1, -0.05) is 35.6 Å². The van der Waals surface area contributed by atoms with Crippen molar-refractivity contribution in [3.8, 4) is 0 Å². The Balaban J connectivity index is 2.18. The highest BCUT2D eigenvalue weighted by molar-refractivity contribution is 7.16. The average Bonchev–Trinajstić information content (AvgIpc) is 2.84. The van der Waals surface area contributed by atoms with Gasteiger partial charge < -0.3 is 4.57 Å². The molecule has 3 aromatic rings. The quantitative estimate of drug-likeness (QED) is 0.668. The van der Waals surface area contributed by atoms with Crippen LogP contribution in [0, 0.1) is 12.7 Å². The van der Waals surface area contributed by atoms with E-state index in [9.17, 15) is 9.18 Å². The number of hydrogen-bond acceptors (Lipinski definition) is 2. The standard InChI is InChI=1S/C18H15FN2OS/c1-3-10-21-15-9-8-12(2)11-16(15)23-18(21)20-17(22)13-6-4-5-7-14(13)19/h3-9,11H,1,10H2,2H3. The molecule has 0 radical (unpaired) electrons. The number of halogens is 1. The maximum Gasteiger partial charge on any atom is 0.282 e. The van der Waals surface area contributed by atoms with Gasteiger partial charge in [0, 0.05) is 6.54 Å². The second kappa shape index (κ2) is 6.30. The van der Waals surface area contributed by atoms with Crippen LogP contribution >= 0.6 is 11.3 Å². The maximum atomic E-state index is 13.7. The number of benzene rings is 2. The van der Waals surface area contributed by atoms with Gasteiger partial charge >= 0.3 is 0 Å². The molecule has 1 heterocycles. The van der Waals surface area contributed by atoms with Crippen molar-refractivity contribution >= 4 is 27.5 Å². The molecular weight excluding hydrogens is 311 g/mol. The Bertz CT molecular complexity index is 969. The number of hydrogen-bond donors (Lipinski definition) is 0. The molecule has 0 aliphatic rings. The molecule has 3 rings (SSSR count). The number of amides is 1. The molecular formula is C18H15FN2OS. The first-order valence-electron chi connectivity index (χ1n) is 7.14. The Morgan fingerprint density at radius 3 is 2.87 bits per heavy atom. The van der Waals surface area contributed by atoms with Crippen LogP contribution in [0.1, 0.15) is 15.9 Å². The van der Waals surface area contributed by atoms with Crippen molar-refractivity contribution in [2.75, 3.05) is 0 Å². The zero-order valence-corrected chi connectivity index (χ0v) is 13.4. The highest BCUT2D eigenvalue weighted by Gasteiger charge is 2.11. The summed E-state index contributed by atoms with van der Waals surface area (Å²) in [7, 11) is 0. The fourth-order valence-corrected chi connectivity index (χ4v) is 3.49. The molecule has 23 heavy (non-hydrogen) atoms. The largest absolute Gasteiger partial charge is 0.312 e. The summed E-state index contributed by atoms with van der Waals surface area (Å²) in [5.41, 5.74) is 2.10. The first kappa shape index (κ1) is 15.4. The second-order valence-electron chi connectivity index (χ2n) is 5.15. The molecule has 0 saturated carbocycles. The van der Waals surface area contributed by atoms with Crippen molar-refractivity contribution in [1.82, 2.24) is 4.57 Å². The van der Waals surface area contributed by atoms with Crippen LogP contribution in [0.3, 0.4) is 0 Å². The van der Waals surface area contributed by atoms with E-state index in [1.807, 2.05) is 29.7 Å². The van der Waals surface area contributed by atoms with Gasteiger partial charge in [-0.3, -0.25) is 4.79 Å². The normalized spacial score (nSPS) is 11.8. The topological polar surface area (TPSA) is 34.4 Å². The summed E-state index contributed by atoms with van der Waals surface area (Å²) < 4.78 is 16.7. The van der Waals surface area contributed by atoms with Gasteiger partial charge in [0.25, 0.3) is 5.91 Å². The van der Waals surface area contributed by atoms with E-state index in [-0.39, 0.29) is 5.56 Å².